The first-order chi connectivity index (χ1) is 12.7. The van der Waals surface area contributed by atoms with Gasteiger partial charge in [-0.1, -0.05) is 12.1 Å². The van der Waals surface area contributed by atoms with Gasteiger partial charge >= 0.3 is 5.97 Å². The van der Waals surface area contributed by atoms with Gasteiger partial charge in [0.05, 0.1) is 12.2 Å². The Labute approximate surface area is 153 Å². The van der Waals surface area contributed by atoms with Crippen molar-refractivity contribution in [2.75, 3.05) is 31.6 Å². The SMILES string of the molecule is CNCc1ccc(N2CCC(COc3cccc(C(=O)O)c3)CC2)nc1. The van der Waals surface area contributed by atoms with E-state index < -0.39 is 5.97 Å². The average Bonchev–Trinajstić information content (AvgIpc) is 2.68. The minimum Gasteiger partial charge on any atom is -0.493 e. The lowest BCUT2D eigenvalue weighted by atomic mass is 9.98. The normalized spacial score (nSPS) is 15.0. The zero-order chi connectivity index (χ0) is 18.4. The molecule has 2 aromatic rings. The number of carboxylic acids is 1. The summed E-state index contributed by atoms with van der Waals surface area (Å²) in [6, 6.07) is 10.9. The summed E-state index contributed by atoms with van der Waals surface area (Å²) in [6.45, 7) is 3.37. The molecule has 138 valence electrons. The highest BCUT2D eigenvalue weighted by atomic mass is 16.5. The van der Waals surface area contributed by atoms with E-state index in [-0.39, 0.29) is 5.56 Å². The Balaban J connectivity index is 1.48. The molecule has 0 spiro atoms. The van der Waals surface area contributed by atoms with E-state index >= 15 is 0 Å². The van der Waals surface area contributed by atoms with Crippen molar-refractivity contribution in [3.63, 3.8) is 0 Å². The number of ether oxygens (including phenoxy) is 1. The number of piperidine rings is 1. The van der Waals surface area contributed by atoms with Crippen molar-refractivity contribution in [1.82, 2.24) is 10.3 Å². The van der Waals surface area contributed by atoms with Crippen molar-refractivity contribution in [1.29, 1.82) is 0 Å². The molecule has 0 amide bonds. The summed E-state index contributed by atoms with van der Waals surface area (Å²) < 4.78 is 5.82. The fourth-order valence-electron chi connectivity index (χ4n) is 3.17. The van der Waals surface area contributed by atoms with Gasteiger partial charge in [0.25, 0.3) is 0 Å². The van der Waals surface area contributed by atoms with Crippen LogP contribution in [0.1, 0.15) is 28.8 Å². The highest BCUT2D eigenvalue weighted by Crippen LogP contribution is 2.23. The number of aromatic carboxylic acids is 1. The molecule has 0 unspecified atom stereocenters. The van der Waals surface area contributed by atoms with Crippen molar-refractivity contribution in [3.8, 4) is 5.75 Å². The molecule has 2 N–H and O–H groups in total. The number of carbonyl (C=O) groups is 1. The Morgan fingerprint density at radius 1 is 1.31 bits per heavy atom. The molecule has 26 heavy (non-hydrogen) atoms. The molecule has 6 nitrogen and oxygen atoms in total. The first kappa shape index (κ1) is 18.2. The van der Waals surface area contributed by atoms with Crippen molar-refractivity contribution in [3.05, 3.63) is 53.7 Å². The molecule has 3 rings (SSSR count). The number of hydrogen-bond acceptors (Lipinski definition) is 5. The number of benzene rings is 1. The smallest absolute Gasteiger partial charge is 0.335 e. The largest absolute Gasteiger partial charge is 0.493 e. The zero-order valence-corrected chi connectivity index (χ0v) is 15.0. The van der Waals surface area contributed by atoms with Gasteiger partial charge in [0.1, 0.15) is 11.6 Å². The Kier molecular flexibility index (Phi) is 6.07. The summed E-state index contributed by atoms with van der Waals surface area (Å²) in [5.41, 5.74) is 1.44. The third-order valence-corrected chi connectivity index (χ3v) is 4.70. The Morgan fingerprint density at radius 2 is 2.12 bits per heavy atom. The Bertz CT molecular complexity index is 725. The van der Waals surface area contributed by atoms with Gasteiger partial charge in [-0.3, -0.25) is 0 Å². The quantitative estimate of drug-likeness (QED) is 0.795. The molecule has 0 aliphatic carbocycles. The monoisotopic (exact) mass is 355 g/mol. The lowest BCUT2D eigenvalue weighted by Crippen LogP contribution is -2.36. The van der Waals surface area contributed by atoms with Gasteiger partial charge in [0.15, 0.2) is 0 Å². The summed E-state index contributed by atoms with van der Waals surface area (Å²) in [4.78, 5) is 17.9. The van der Waals surface area contributed by atoms with E-state index in [9.17, 15) is 4.79 Å². The average molecular weight is 355 g/mol. The van der Waals surface area contributed by atoms with Crippen LogP contribution in [0, 0.1) is 5.92 Å². The van der Waals surface area contributed by atoms with Crippen molar-refractivity contribution in [2.24, 2.45) is 5.92 Å². The van der Waals surface area contributed by atoms with Gasteiger partial charge in [-0.2, -0.15) is 0 Å². The number of hydrogen-bond donors (Lipinski definition) is 2. The standard InChI is InChI=1S/C20H25N3O3/c1-21-12-16-5-6-19(22-13-16)23-9-7-15(8-10-23)14-26-18-4-2-3-17(11-18)20(24)25/h2-6,11,13,15,21H,7-10,12,14H2,1H3,(H,24,25). The van der Waals surface area contributed by atoms with Crippen LogP contribution < -0.4 is 15.0 Å². The molecule has 0 saturated carbocycles. The summed E-state index contributed by atoms with van der Waals surface area (Å²) in [6.07, 6.45) is 4.01. The number of rotatable bonds is 7. The van der Waals surface area contributed by atoms with E-state index in [4.69, 9.17) is 9.84 Å². The van der Waals surface area contributed by atoms with Gasteiger partial charge in [-0.15, -0.1) is 0 Å². The first-order valence-corrected chi connectivity index (χ1v) is 8.96. The third-order valence-electron chi connectivity index (χ3n) is 4.70. The van der Waals surface area contributed by atoms with Crippen molar-refractivity contribution >= 4 is 11.8 Å². The summed E-state index contributed by atoms with van der Waals surface area (Å²) >= 11 is 0. The highest BCUT2D eigenvalue weighted by molar-refractivity contribution is 5.87. The molecule has 1 aliphatic rings. The first-order valence-electron chi connectivity index (χ1n) is 8.96. The lowest BCUT2D eigenvalue weighted by molar-refractivity contribution is 0.0696. The van der Waals surface area contributed by atoms with Gasteiger partial charge in [0.2, 0.25) is 0 Å². The maximum absolute atomic E-state index is 11.0. The van der Waals surface area contributed by atoms with E-state index in [1.54, 1.807) is 24.3 Å². The molecular weight excluding hydrogens is 330 g/mol. The molecule has 1 fully saturated rings. The lowest BCUT2D eigenvalue weighted by Gasteiger charge is -2.32. The summed E-state index contributed by atoms with van der Waals surface area (Å²) in [5.74, 6) is 1.19. The molecule has 1 aromatic carbocycles. The topological polar surface area (TPSA) is 74.7 Å². The maximum atomic E-state index is 11.0. The second-order valence-corrected chi connectivity index (χ2v) is 6.63. The van der Waals surface area contributed by atoms with Crippen LogP contribution in [-0.4, -0.2) is 42.8 Å². The van der Waals surface area contributed by atoms with Crippen LogP contribution in [0.25, 0.3) is 0 Å². The number of anilines is 1. The molecular formula is C20H25N3O3. The van der Waals surface area contributed by atoms with E-state index in [0.29, 0.717) is 18.3 Å². The Hall–Kier alpha value is -2.60. The van der Waals surface area contributed by atoms with Crippen LogP contribution in [0.4, 0.5) is 5.82 Å². The van der Waals surface area contributed by atoms with Crippen molar-refractivity contribution in [2.45, 2.75) is 19.4 Å². The number of nitrogens with zero attached hydrogens (tertiary/aromatic N) is 2. The van der Waals surface area contributed by atoms with Crippen molar-refractivity contribution < 1.29 is 14.6 Å². The Morgan fingerprint density at radius 3 is 2.77 bits per heavy atom. The minimum absolute atomic E-state index is 0.255. The fourth-order valence-corrected chi connectivity index (χ4v) is 3.17. The predicted octanol–water partition coefficient (Wildman–Crippen LogP) is 2.79. The number of aromatic nitrogens is 1. The third kappa shape index (κ3) is 4.73. The number of pyridine rings is 1. The maximum Gasteiger partial charge on any atom is 0.335 e. The molecule has 1 aliphatic heterocycles. The van der Waals surface area contributed by atoms with Crippen LogP contribution >= 0.6 is 0 Å². The molecule has 2 heterocycles. The van der Waals surface area contributed by atoms with Crippen LogP contribution in [-0.2, 0) is 6.54 Å². The van der Waals surface area contributed by atoms with Crippen LogP contribution in [0.5, 0.6) is 5.75 Å². The van der Waals surface area contributed by atoms with Gasteiger partial charge in [0, 0.05) is 25.8 Å². The van der Waals surface area contributed by atoms with Gasteiger partial charge < -0.3 is 20.1 Å². The highest BCUT2D eigenvalue weighted by Gasteiger charge is 2.20. The van der Waals surface area contributed by atoms with Crippen LogP contribution in [0.3, 0.4) is 0 Å². The molecule has 0 atom stereocenters. The molecule has 6 heteroatoms. The second-order valence-electron chi connectivity index (χ2n) is 6.63. The van der Waals surface area contributed by atoms with Gasteiger partial charge in [-0.25, -0.2) is 9.78 Å². The zero-order valence-electron chi connectivity index (χ0n) is 15.0. The van der Waals surface area contributed by atoms with E-state index in [0.717, 1.165) is 38.3 Å². The second kappa shape index (κ2) is 8.67. The van der Waals surface area contributed by atoms with E-state index in [1.165, 1.54) is 5.56 Å². The van der Waals surface area contributed by atoms with Crippen LogP contribution in [0.2, 0.25) is 0 Å². The van der Waals surface area contributed by atoms with E-state index in [2.05, 4.69) is 27.3 Å². The molecule has 1 aromatic heterocycles. The summed E-state index contributed by atoms with van der Waals surface area (Å²) in [5, 5.41) is 12.2. The minimum atomic E-state index is -0.933. The number of nitrogens with one attached hydrogen (secondary N) is 1. The molecule has 0 radical (unpaired) electrons. The fraction of sp³-hybridized carbons (Fsp3) is 0.400. The molecule has 0 bridgehead atoms. The molecule has 1 saturated heterocycles. The number of carboxylic acid groups (broad SMARTS) is 1. The predicted molar refractivity (Wildman–Crippen MR) is 101 cm³/mol. The van der Waals surface area contributed by atoms with Crippen LogP contribution in [0.15, 0.2) is 42.6 Å². The van der Waals surface area contributed by atoms with Gasteiger partial charge in [-0.05, 0) is 55.6 Å². The van der Waals surface area contributed by atoms with E-state index in [1.807, 2.05) is 13.2 Å². The summed E-state index contributed by atoms with van der Waals surface area (Å²) in [7, 11) is 1.93.